The Labute approximate surface area is 153 Å². The van der Waals surface area contributed by atoms with Gasteiger partial charge in [0.15, 0.2) is 17.0 Å². The Bertz CT molecular complexity index is 985. The Morgan fingerprint density at radius 3 is 2.46 bits per heavy atom. The number of imidazole rings is 1. The highest BCUT2D eigenvalue weighted by atomic mass is 32.2. The zero-order chi connectivity index (χ0) is 18.7. The van der Waals surface area contributed by atoms with Crippen molar-refractivity contribution in [3.05, 3.63) is 48.5 Å². The van der Waals surface area contributed by atoms with E-state index in [1.807, 2.05) is 53.9 Å². The van der Waals surface area contributed by atoms with Crippen LogP contribution in [0.2, 0.25) is 0 Å². The fourth-order valence-corrected chi connectivity index (χ4v) is 3.52. The number of anilines is 1. The standard InChI is InChI=1S/C17H22N6O2S/c1-21(2)16-15-17(19-12-18-16)22(13-20-15)9-10-23(26(3,24)25)11-14-7-5-4-6-8-14/h4-8,12-13H,9-11H2,1-3H3. The Hall–Kier alpha value is -2.52. The van der Waals surface area contributed by atoms with E-state index in [-0.39, 0.29) is 0 Å². The molecule has 0 amide bonds. The van der Waals surface area contributed by atoms with Gasteiger partial charge < -0.3 is 9.47 Å². The zero-order valence-corrected chi connectivity index (χ0v) is 15.9. The lowest BCUT2D eigenvalue weighted by Gasteiger charge is -2.20. The van der Waals surface area contributed by atoms with Crippen molar-refractivity contribution in [2.75, 3.05) is 31.8 Å². The van der Waals surface area contributed by atoms with E-state index >= 15 is 0 Å². The summed E-state index contributed by atoms with van der Waals surface area (Å²) in [4.78, 5) is 14.8. The van der Waals surface area contributed by atoms with Gasteiger partial charge in [-0.25, -0.2) is 23.4 Å². The molecule has 26 heavy (non-hydrogen) atoms. The number of rotatable bonds is 7. The summed E-state index contributed by atoms with van der Waals surface area (Å²) < 4.78 is 27.7. The van der Waals surface area contributed by atoms with Gasteiger partial charge in [-0.05, 0) is 5.56 Å². The molecule has 0 fully saturated rings. The van der Waals surface area contributed by atoms with Crippen LogP contribution in [-0.4, -0.2) is 59.1 Å². The molecule has 2 heterocycles. The van der Waals surface area contributed by atoms with E-state index in [1.54, 1.807) is 6.33 Å². The summed E-state index contributed by atoms with van der Waals surface area (Å²) in [5.74, 6) is 0.734. The fourth-order valence-electron chi connectivity index (χ4n) is 2.73. The van der Waals surface area contributed by atoms with Crippen molar-refractivity contribution >= 4 is 27.0 Å². The summed E-state index contributed by atoms with van der Waals surface area (Å²) in [7, 11) is 0.457. The van der Waals surface area contributed by atoms with E-state index in [0.29, 0.717) is 30.8 Å². The summed E-state index contributed by atoms with van der Waals surface area (Å²) in [5, 5.41) is 0. The summed E-state index contributed by atoms with van der Waals surface area (Å²) in [5.41, 5.74) is 2.34. The molecule has 138 valence electrons. The molecular weight excluding hydrogens is 352 g/mol. The SMILES string of the molecule is CN(C)c1ncnc2c1ncn2CCN(Cc1ccccc1)S(C)(=O)=O. The third-order valence-electron chi connectivity index (χ3n) is 4.07. The van der Waals surface area contributed by atoms with E-state index in [1.165, 1.54) is 16.9 Å². The molecule has 3 aromatic rings. The van der Waals surface area contributed by atoms with Crippen LogP contribution in [0.5, 0.6) is 0 Å². The predicted molar refractivity (Wildman–Crippen MR) is 101 cm³/mol. The van der Waals surface area contributed by atoms with Crippen molar-refractivity contribution in [3.8, 4) is 0 Å². The van der Waals surface area contributed by atoms with Crippen LogP contribution in [0.4, 0.5) is 5.82 Å². The van der Waals surface area contributed by atoms with E-state index < -0.39 is 10.0 Å². The second kappa shape index (κ2) is 7.38. The largest absolute Gasteiger partial charge is 0.361 e. The molecule has 0 bridgehead atoms. The van der Waals surface area contributed by atoms with Gasteiger partial charge in [-0.15, -0.1) is 0 Å². The third-order valence-corrected chi connectivity index (χ3v) is 5.32. The first-order valence-electron chi connectivity index (χ1n) is 8.18. The number of nitrogens with zero attached hydrogens (tertiary/aromatic N) is 6. The lowest BCUT2D eigenvalue weighted by Crippen LogP contribution is -2.32. The van der Waals surface area contributed by atoms with Gasteiger partial charge >= 0.3 is 0 Å². The number of benzene rings is 1. The first kappa shape index (κ1) is 18.3. The van der Waals surface area contributed by atoms with Crippen LogP contribution in [0, 0.1) is 0 Å². The monoisotopic (exact) mass is 374 g/mol. The Balaban J connectivity index is 1.81. The molecule has 0 spiro atoms. The number of hydrogen-bond acceptors (Lipinski definition) is 6. The van der Waals surface area contributed by atoms with Gasteiger partial charge in [0.2, 0.25) is 10.0 Å². The van der Waals surface area contributed by atoms with Crippen LogP contribution in [-0.2, 0) is 23.1 Å². The van der Waals surface area contributed by atoms with Gasteiger partial charge in [0.05, 0.1) is 12.6 Å². The molecule has 0 aliphatic carbocycles. The molecular formula is C17H22N6O2S. The normalized spacial score (nSPS) is 12.0. The quantitative estimate of drug-likeness (QED) is 0.621. The maximum absolute atomic E-state index is 12.2. The molecule has 0 saturated carbocycles. The Kier molecular flexibility index (Phi) is 5.19. The van der Waals surface area contributed by atoms with Gasteiger partial charge in [-0.2, -0.15) is 4.31 Å². The Morgan fingerprint density at radius 1 is 1.08 bits per heavy atom. The lowest BCUT2D eigenvalue weighted by atomic mass is 10.2. The van der Waals surface area contributed by atoms with Gasteiger partial charge in [0.25, 0.3) is 0 Å². The summed E-state index contributed by atoms with van der Waals surface area (Å²) in [6, 6.07) is 9.55. The average molecular weight is 374 g/mol. The maximum atomic E-state index is 12.2. The molecule has 0 aliphatic rings. The molecule has 3 rings (SSSR count). The molecule has 8 nitrogen and oxygen atoms in total. The van der Waals surface area contributed by atoms with Crippen LogP contribution in [0.25, 0.3) is 11.2 Å². The van der Waals surface area contributed by atoms with Crippen LogP contribution < -0.4 is 4.90 Å². The molecule has 1 aromatic carbocycles. The maximum Gasteiger partial charge on any atom is 0.211 e. The molecule has 0 radical (unpaired) electrons. The van der Waals surface area contributed by atoms with Gasteiger partial charge in [0.1, 0.15) is 6.33 Å². The molecule has 0 saturated heterocycles. The minimum atomic E-state index is -3.33. The van der Waals surface area contributed by atoms with E-state index in [0.717, 1.165) is 11.4 Å². The van der Waals surface area contributed by atoms with Crippen LogP contribution in [0.1, 0.15) is 5.56 Å². The van der Waals surface area contributed by atoms with Gasteiger partial charge in [0, 0.05) is 33.7 Å². The zero-order valence-electron chi connectivity index (χ0n) is 15.1. The first-order valence-corrected chi connectivity index (χ1v) is 10.0. The lowest BCUT2D eigenvalue weighted by molar-refractivity contribution is 0.392. The molecule has 0 N–H and O–H groups in total. The molecule has 0 unspecified atom stereocenters. The molecule has 0 atom stereocenters. The van der Waals surface area contributed by atoms with Crippen molar-refractivity contribution < 1.29 is 8.42 Å². The highest BCUT2D eigenvalue weighted by Gasteiger charge is 2.18. The summed E-state index contributed by atoms with van der Waals surface area (Å²) in [6.07, 6.45) is 4.40. The first-order chi connectivity index (χ1) is 12.4. The van der Waals surface area contributed by atoms with Crippen molar-refractivity contribution in [1.82, 2.24) is 23.8 Å². The second-order valence-electron chi connectivity index (χ2n) is 6.28. The smallest absolute Gasteiger partial charge is 0.211 e. The minimum absolute atomic E-state index is 0.334. The van der Waals surface area contributed by atoms with Gasteiger partial charge in [-0.1, -0.05) is 30.3 Å². The van der Waals surface area contributed by atoms with E-state index in [4.69, 9.17) is 0 Å². The van der Waals surface area contributed by atoms with Crippen molar-refractivity contribution in [3.63, 3.8) is 0 Å². The van der Waals surface area contributed by atoms with Crippen molar-refractivity contribution in [1.29, 1.82) is 0 Å². The average Bonchev–Trinajstić information content (AvgIpc) is 3.01. The fraction of sp³-hybridized carbons (Fsp3) is 0.353. The van der Waals surface area contributed by atoms with E-state index in [2.05, 4.69) is 15.0 Å². The highest BCUT2D eigenvalue weighted by Crippen LogP contribution is 2.19. The number of aromatic nitrogens is 4. The number of sulfonamides is 1. The minimum Gasteiger partial charge on any atom is -0.361 e. The topological polar surface area (TPSA) is 84.2 Å². The van der Waals surface area contributed by atoms with Crippen LogP contribution >= 0.6 is 0 Å². The van der Waals surface area contributed by atoms with Crippen molar-refractivity contribution in [2.45, 2.75) is 13.1 Å². The summed E-state index contributed by atoms with van der Waals surface area (Å²) in [6.45, 7) is 1.13. The molecule has 2 aromatic heterocycles. The van der Waals surface area contributed by atoms with Crippen LogP contribution in [0.15, 0.2) is 43.0 Å². The van der Waals surface area contributed by atoms with Gasteiger partial charge in [-0.3, -0.25) is 0 Å². The number of fused-ring (bicyclic) bond motifs is 1. The number of hydrogen-bond donors (Lipinski definition) is 0. The summed E-state index contributed by atoms with van der Waals surface area (Å²) >= 11 is 0. The third kappa shape index (κ3) is 4.00. The van der Waals surface area contributed by atoms with Crippen molar-refractivity contribution in [2.24, 2.45) is 0 Å². The molecule has 9 heteroatoms. The Morgan fingerprint density at radius 2 is 1.81 bits per heavy atom. The highest BCUT2D eigenvalue weighted by molar-refractivity contribution is 7.88. The second-order valence-corrected chi connectivity index (χ2v) is 8.27. The predicted octanol–water partition coefficient (Wildman–Crippen LogP) is 1.35. The molecule has 0 aliphatic heterocycles. The van der Waals surface area contributed by atoms with Crippen LogP contribution in [0.3, 0.4) is 0 Å². The van der Waals surface area contributed by atoms with E-state index in [9.17, 15) is 8.42 Å².